The molecule has 3 aliphatic rings. The van der Waals surface area contributed by atoms with Crippen molar-refractivity contribution in [3.63, 3.8) is 0 Å². The Balaban J connectivity index is 1.38. The van der Waals surface area contributed by atoms with Crippen molar-refractivity contribution >= 4 is 0 Å². The molecule has 92 valence electrons. The van der Waals surface area contributed by atoms with Gasteiger partial charge in [-0.3, -0.25) is 0 Å². The molecule has 2 atom stereocenters. The molecule has 1 unspecified atom stereocenters. The summed E-state index contributed by atoms with van der Waals surface area (Å²) in [6.45, 7) is 0. The van der Waals surface area contributed by atoms with E-state index in [0.29, 0.717) is 0 Å². The Morgan fingerprint density at radius 2 is 1.00 bits per heavy atom. The molecule has 3 rings (SSSR count). The molecule has 0 radical (unpaired) electrons. The van der Waals surface area contributed by atoms with Gasteiger partial charge in [-0.05, 0) is 42.9 Å². The van der Waals surface area contributed by atoms with Gasteiger partial charge in [0.2, 0.25) is 0 Å². The zero-order valence-corrected chi connectivity index (χ0v) is 10.8. The lowest BCUT2D eigenvalue weighted by Gasteiger charge is -2.28. The highest BCUT2D eigenvalue weighted by molar-refractivity contribution is 4.82. The minimum absolute atomic E-state index is 1.13. The average Bonchev–Trinajstić information content (AvgIpc) is 2.84. The van der Waals surface area contributed by atoms with Crippen molar-refractivity contribution < 1.29 is 0 Å². The van der Waals surface area contributed by atoms with E-state index in [4.69, 9.17) is 0 Å². The molecular weight excluding hydrogens is 192 g/mol. The third-order valence-corrected chi connectivity index (χ3v) is 5.68. The van der Waals surface area contributed by atoms with E-state index in [-0.39, 0.29) is 0 Å². The van der Waals surface area contributed by atoms with Crippen LogP contribution < -0.4 is 0 Å². The molecule has 0 bridgehead atoms. The topological polar surface area (TPSA) is 0 Å². The van der Waals surface area contributed by atoms with Gasteiger partial charge in [0.15, 0.2) is 0 Å². The Hall–Kier alpha value is 0. The average molecular weight is 220 g/mol. The van der Waals surface area contributed by atoms with Crippen molar-refractivity contribution in [3.05, 3.63) is 0 Å². The molecule has 0 aromatic heterocycles. The molecule has 0 saturated heterocycles. The maximum atomic E-state index is 1.60. The first-order valence-electron chi connectivity index (χ1n) is 7.90. The fourth-order valence-corrected chi connectivity index (χ4v) is 4.52. The predicted octanol–water partition coefficient (Wildman–Crippen LogP) is 5.17. The Kier molecular flexibility index (Phi) is 3.54. The zero-order chi connectivity index (χ0) is 10.8. The lowest BCUT2D eigenvalue weighted by atomic mass is 9.78. The van der Waals surface area contributed by atoms with Crippen LogP contribution in [0.2, 0.25) is 0 Å². The van der Waals surface area contributed by atoms with Crippen molar-refractivity contribution in [1.82, 2.24) is 0 Å². The molecule has 0 heterocycles. The highest BCUT2D eigenvalue weighted by Crippen LogP contribution is 2.43. The second-order valence-electron chi connectivity index (χ2n) is 6.96. The highest BCUT2D eigenvalue weighted by atomic mass is 14.4. The van der Waals surface area contributed by atoms with Crippen LogP contribution in [-0.4, -0.2) is 0 Å². The summed E-state index contributed by atoms with van der Waals surface area (Å²) < 4.78 is 0. The van der Waals surface area contributed by atoms with Crippen molar-refractivity contribution in [2.24, 2.45) is 23.7 Å². The Morgan fingerprint density at radius 1 is 0.500 bits per heavy atom. The van der Waals surface area contributed by atoms with Crippen LogP contribution >= 0.6 is 0 Å². The molecule has 0 aromatic carbocycles. The quantitative estimate of drug-likeness (QED) is 0.613. The SMILES string of the molecule is C1CCC(CC2CC[C@@H](CC3CCC3)C2)C1. The molecule has 0 amide bonds. The fourth-order valence-electron chi connectivity index (χ4n) is 4.52. The molecule has 3 aliphatic carbocycles. The summed E-state index contributed by atoms with van der Waals surface area (Å²) in [6, 6.07) is 0. The van der Waals surface area contributed by atoms with Crippen LogP contribution in [-0.2, 0) is 0 Å². The number of hydrogen-bond donors (Lipinski definition) is 0. The van der Waals surface area contributed by atoms with E-state index < -0.39 is 0 Å². The molecule has 0 heteroatoms. The second-order valence-corrected chi connectivity index (χ2v) is 6.96. The monoisotopic (exact) mass is 220 g/mol. The maximum absolute atomic E-state index is 1.60. The van der Waals surface area contributed by atoms with Gasteiger partial charge < -0.3 is 0 Å². The van der Waals surface area contributed by atoms with Crippen LogP contribution in [0.4, 0.5) is 0 Å². The molecule has 16 heavy (non-hydrogen) atoms. The third kappa shape index (κ3) is 2.63. The lowest BCUT2D eigenvalue weighted by Crippen LogP contribution is -2.14. The van der Waals surface area contributed by atoms with Gasteiger partial charge in [-0.15, -0.1) is 0 Å². The van der Waals surface area contributed by atoms with Gasteiger partial charge in [-0.1, -0.05) is 57.8 Å². The van der Waals surface area contributed by atoms with E-state index in [2.05, 4.69) is 0 Å². The normalized spacial score (nSPS) is 36.8. The smallest absolute Gasteiger partial charge is 0.0409 e. The molecule has 3 fully saturated rings. The van der Waals surface area contributed by atoms with Gasteiger partial charge in [-0.2, -0.15) is 0 Å². The summed E-state index contributed by atoms with van der Waals surface area (Å²) in [4.78, 5) is 0. The summed E-state index contributed by atoms with van der Waals surface area (Å²) in [5.74, 6) is 4.55. The van der Waals surface area contributed by atoms with Crippen molar-refractivity contribution in [2.75, 3.05) is 0 Å². The third-order valence-electron chi connectivity index (χ3n) is 5.68. The van der Waals surface area contributed by atoms with E-state index >= 15 is 0 Å². The van der Waals surface area contributed by atoms with Crippen molar-refractivity contribution in [1.29, 1.82) is 0 Å². The minimum Gasteiger partial charge on any atom is -0.0530 e. The molecule has 0 aromatic rings. The van der Waals surface area contributed by atoms with Gasteiger partial charge in [0.25, 0.3) is 0 Å². The van der Waals surface area contributed by atoms with Gasteiger partial charge >= 0.3 is 0 Å². The van der Waals surface area contributed by atoms with Crippen molar-refractivity contribution in [3.8, 4) is 0 Å². The first-order valence-corrected chi connectivity index (χ1v) is 7.90. The summed E-state index contributed by atoms with van der Waals surface area (Å²) in [7, 11) is 0. The summed E-state index contributed by atoms with van der Waals surface area (Å²) in [6.07, 6.45) is 18.8. The van der Waals surface area contributed by atoms with Crippen LogP contribution in [0.25, 0.3) is 0 Å². The van der Waals surface area contributed by atoms with Crippen LogP contribution in [0.1, 0.15) is 77.0 Å². The van der Waals surface area contributed by atoms with Gasteiger partial charge in [0.1, 0.15) is 0 Å². The Bertz CT molecular complexity index is 210. The second kappa shape index (κ2) is 5.10. The van der Waals surface area contributed by atoms with E-state index in [1.165, 1.54) is 19.3 Å². The Labute approximate surface area is 101 Å². The summed E-state index contributed by atoms with van der Waals surface area (Å²) >= 11 is 0. The molecule has 0 aliphatic heterocycles. The van der Waals surface area contributed by atoms with E-state index in [1.807, 2.05) is 0 Å². The first kappa shape index (κ1) is 11.1. The minimum atomic E-state index is 1.13. The molecule has 0 nitrogen and oxygen atoms in total. The molecule has 3 saturated carbocycles. The summed E-state index contributed by atoms with van der Waals surface area (Å²) in [5, 5.41) is 0. The van der Waals surface area contributed by atoms with Gasteiger partial charge in [0.05, 0.1) is 0 Å². The van der Waals surface area contributed by atoms with Crippen LogP contribution in [0.3, 0.4) is 0 Å². The van der Waals surface area contributed by atoms with E-state index in [0.717, 1.165) is 23.7 Å². The largest absolute Gasteiger partial charge is 0.0530 e. The van der Waals surface area contributed by atoms with Crippen molar-refractivity contribution in [2.45, 2.75) is 77.0 Å². The predicted molar refractivity (Wildman–Crippen MR) is 69.4 cm³/mol. The molecule has 0 N–H and O–H groups in total. The fraction of sp³-hybridized carbons (Fsp3) is 1.00. The van der Waals surface area contributed by atoms with Gasteiger partial charge in [-0.25, -0.2) is 0 Å². The maximum Gasteiger partial charge on any atom is -0.0409 e. The van der Waals surface area contributed by atoms with E-state index in [9.17, 15) is 0 Å². The number of hydrogen-bond acceptors (Lipinski definition) is 0. The lowest BCUT2D eigenvalue weighted by molar-refractivity contribution is 0.245. The Morgan fingerprint density at radius 3 is 1.44 bits per heavy atom. The molecule has 0 spiro atoms. The van der Waals surface area contributed by atoms with Crippen LogP contribution in [0, 0.1) is 23.7 Å². The first-order chi connectivity index (χ1) is 7.90. The zero-order valence-electron chi connectivity index (χ0n) is 10.8. The summed E-state index contributed by atoms with van der Waals surface area (Å²) in [5.41, 5.74) is 0. The van der Waals surface area contributed by atoms with Gasteiger partial charge in [0, 0.05) is 0 Å². The molecular formula is C16H28. The highest BCUT2D eigenvalue weighted by Gasteiger charge is 2.30. The van der Waals surface area contributed by atoms with E-state index in [1.54, 1.807) is 57.8 Å². The number of rotatable bonds is 4. The van der Waals surface area contributed by atoms with Crippen LogP contribution in [0.5, 0.6) is 0 Å². The standard InChI is InChI=1S/C16H28/c1-2-5-13(4-1)10-15-8-9-16(12-15)11-14-6-3-7-14/h13-16H,1-12H2/t15?,16-/m0/s1. The van der Waals surface area contributed by atoms with Crippen LogP contribution in [0.15, 0.2) is 0 Å².